The lowest BCUT2D eigenvalue weighted by Crippen LogP contribution is -2.47. The van der Waals surface area contributed by atoms with Gasteiger partial charge in [0, 0.05) is 0 Å². The summed E-state index contributed by atoms with van der Waals surface area (Å²) >= 11 is 0. The molecule has 0 heterocycles. The fraction of sp³-hybridized carbons (Fsp3) is 0.429. The van der Waals surface area contributed by atoms with Gasteiger partial charge in [-0.25, -0.2) is 9.59 Å². The molecule has 0 aliphatic heterocycles. The van der Waals surface area contributed by atoms with Gasteiger partial charge in [0.15, 0.2) is 0 Å². The molecular formula is C14H19NO5. The Hall–Kier alpha value is -2.24. The molecule has 0 fully saturated rings. The zero-order chi connectivity index (χ0) is 15.2. The number of amides is 1. The van der Waals surface area contributed by atoms with Crippen LogP contribution in [0.1, 0.15) is 20.8 Å². The maximum absolute atomic E-state index is 11.7. The van der Waals surface area contributed by atoms with E-state index in [1.54, 1.807) is 51.1 Å². The van der Waals surface area contributed by atoms with Crippen molar-refractivity contribution in [2.24, 2.45) is 0 Å². The SMILES string of the molecule is COC(=O)C(NC(=O)OC(C)(C)C)Oc1ccccc1. The quantitative estimate of drug-likeness (QED) is 0.675. The predicted molar refractivity (Wildman–Crippen MR) is 72.2 cm³/mol. The summed E-state index contributed by atoms with van der Waals surface area (Å²) in [5, 5.41) is 2.31. The minimum Gasteiger partial charge on any atom is -0.465 e. The number of ether oxygens (including phenoxy) is 3. The Morgan fingerprint density at radius 3 is 2.25 bits per heavy atom. The molecule has 0 bridgehead atoms. The van der Waals surface area contributed by atoms with Crippen molar-refractivity contribution in [3.8, 4) is 5.75 Å². The summed E-state index contributed by atoms with van der Waals surface area (Å²) in [6.07, 6.45) is -2.03. The molecule has 1 N–H and O–H groups in total. The molecular weight excluding hydrogens is 262 g/mol. The first-order chi connectivity index (χ1) is 9.31. The van der Waals surface area contributed by atoms with E-state index in [1.165, 1.54) is 7.11 Å². The van der Waals surface area contributed by atoms with Crippen molar-refractivity contribution in [3.05, 3.63) is 30.3 Å². The number of benzene rings is 1. The van der Waals surface area contributed by atoms with Crippen molar-refractivity contribution in [1.29, 1.82) is 0 Å². The second kappa shape index (κ2) is 6.79. The summed E-state index contributed by atoms with van der Waals surface area (Å²) in [5.74, 6) is -0.293. The van der Waals surface area contributed by atoms with E-state index in [-0.39, 0.29) is 0 Å². The highest BCUT2D eigenvalue weighted by Gasteiger charge is 2.26. The third-order valence-corrected chi connectivity index (χ3v) is 2.06. The number of hydrogen-bond donors (Lipinski definition) is 1. The zero-order valence-electron chi connectivity index (χ0n) is 12.0. The Balaban J connectivity index is 2.70. The van der Waals surface area contributed by atoms with E-state index in [0.717, 1.165) is 0 Å². The Labute approximate surface area is 118 Å². The normalized spacial score (nSPS) is 12.2. The van der Waals surface area contributed by atoms with Gasteiger partial charge in [-0.15, -0.1) is 0 Å². The smallest absolute Gasteiger partial charge is 0.410 e. The summed E-state index contributed by atoms with van der Waals surface area (Å²) in [6, 6.07) is 8.62. The molecule has 1 aromatic carbocycles. The average molecular weight is 281 g/mol. The van der Waals surface area contributed by atoms with Gasteiger partial charge in [0.1, 0.15) is 11.4 Å². The molecule has 6 heteroatoms. The van der Waals surface area contributed by atoms with Crippen molar-refractivity contribution < 1.29 is 23.8 Å². The molecule has 1 unspecified atom stereocenters. The van der Waals surface area contributed by atoms with Crippen LogP contribution in [0.5, 0.6) is 5.75 Å². The fourth-order valence-corrected chi connectivity index (χ4v) is 1.29. The van der Waals surface area contributed by atoms with Gasteiger partial charge in [0.25, 0.3) is 6.23 Å². The molecule has 0 aliphatic rings. The van der Waals surface area contributed by atoms with Crippen LogP contribution in [0.4, 0.5) is 4.79 Å². The number of carbonyl (C=O) groups excluding carboxylic acids is 2. The summed E-state index contributed by atoms with van der Waals surface area (Å²) in [4.78, 5) is 23.3. The van der Waals surface area contributed by atoms with Gasteiger partial charge in [-0.2, -0.15) is 0 Å². The minimum atomic E-state index is -1.27. The number of rotatable bonds is 4. The van der Waals surface area contributed by atoms with E-state index in [4.69, 9.17) is 9.47 Å². The Kier molecular flexibility index (Phi) is 5.37. The monoisotopic (exact) mass is 281 g/mol. The summed E-state index contributed by atoms with van der Waals surface area (Å²) in [7, 11) is 1.21. The van der Waals surface area contributed by atoms with E-state index in [2.05, 4.69) is 10.1 Å². The second-order valence-corrected chi connectivity index (χ2v) is 4.98. The highest BCUT2D eigenvalue weighted by molar-refractivity contribution is 5.80. The number of methoxy groups -OCH3 is 1. The minimum absolute atomic E-state index is 0.430. The number of esters is 1. The van der Waals surface area contributed by atoms with Gasteiger partial charge >= 0.3 is 12.1 Å². The molecule has 0 saturated heterocycles. The van der Waals surface area contributed by atoms with E-state index < -0.39 is 23.9 Å². The molecule has 0 aliphatic carbocycles. The lowest BCUT2D eigenvalue weighted by atomic mass is 10.2. The maximum Gasteiger partial charge on any atom is 0.410 e. The number of para-hydroxylation sites is 1. The van der Waals surface area contributed by atoms with Crippen LogP contribution in [-0.4, -0.2) is 31.0 Å². The molecule has 0 aromatic heterocycles. The number of nitrogens with one attached hydrogen (secondary N) is 1. The first kappa shape index (κ1) is 15.8. The van der Waals surface area contributed by atoms with Gasteiger partial charge in [-0.1, -0.05) is 18.2 Å². The summed E-state index contributed by atoms with van der Waals surface area (Å²) in [6.45, 7) is 5.16. The zero-order valence-corrected chi connectivity index (χ0v) is 12.0. The van der Waals surface area contributed by atoms with Gasteiger partial charge in [-0.3, -0.25) is 5.32 Å². The van der Waals surface area contributed by atoms with Gasteiger partial charge in [0.2, 0.25) is 0 Å². The van der Waals surface area contributed by atoms with Crippen LogP contribution in [0.2, 0.25) is 0 Å². The van der Waals surface area contributed by atoms with E-state index in [1.807, 2.05) is 0 Å². The van der Waals surface area contributed by atoms with Crippen LogP contribution in [0.3, 0.4) is 0 Å². The summed E-state index contributed by atoms with van der Waals surface area (Å²) in [5.41, 5.74) is -0.669. The first-order valence-electron chi connectivity index (χ1n) is 6.11. The highest BCUT2D eigenvalue weighted by Crippen LogP contribution is 2.12. The van der Waals surface area contributed by atoms with Crippen molar-refractivity contribution in [2.75, 3.05) is 7.11 Å². The van der Waals surface area contributed by atoms with Crippen molar-refractivity contribution in [1.82, 2.24) is 5.32 Å². The summed E-state index contributed by atoms with van der Waals surface area (Å²) < 4.78 is 15.0. The lowest BCUT2D eigenvalue weighted by Gasteiger charge is -2.23. The standard InChI is InChI=1S/C14H19NO5/c1-14(2,3)20-13(17)15-11(12(16)18-4)19-10-8-6-5-7-9-10/h5-9,11H,1-4H3,(H,15,17). The van der Waals surface area contributed by atoms with Crippen LogP contribution in [0.25, 0.3) is 0 Å². The third-order valence-electron chi connectivity index (χ3n) is 2.06. The van der Waals surface area contributed by atoms with Gasteiger partial charge < -0.3 is 14.2 Å². The van der Waals surface area contributed by atoms with E-state index in [9.17, 15) is 9.59 Å². The molecule has 110 valence electrons. The third kappa shape index (κ3) is 5.60. The van der Waals surface area contributed by atoms with E-state index in [0.29, 0.717) is 5.75 Å². The van der Waals surface area contributed by atoms with Gasteiger partial charge in [-0.05, 0) is 32.9 Å². The van der Waals surface area contributed by atoms with Crippen LogP contribution in [-0.2, 0) is 14.3 Å². The largest absolute Gasteiger partial charge is 0.465 e. The van der Waals surface area contributed by atoms with Crippen molar-refractivity contribution in [3.63, 3.8) is 0 Å². The highest BCUT2D eigenvalue weighted by atomic mass is 16.6. The van der Waals surface area contributed by atoms with Gasteiger partial charge in [0.05, 0.1) is 7.11 Å². The molecule has 1 amide bonds. The molecule has 0 saturated carbocycles. The van der Waals surface area contributed by atoms with Crippen molar-refractivity contribution in [2.45, 2.75) is 32.6 Å². The Bertz CT molecular complexity index is 452. The van der Waals surface area contributed by atoms with Crippen molar-refractivity contribution >= 4 is 12.1 Å². The van der Waals surface area contributed by atoms with Crippen LogP contribution >= 0.6 is 0 Å². The predicted octanol–water partition coefficient (Wildman–Crippen LogP) is 2.09. The molecule has 0 spiro atoms. The molecule has 20 heavy (non-hydrogen) atoms. The fourth-order valence-electron chi connectivity index (χ4n) is 1.29. The molecule has 1 atom stereocenters. The van der Waals surface area contributed by atoms with Crippen LogP contribution in [0, 0.1) is 0 Å². The second-order valence-electron chi connectivity index (χ2n) is 4.98. The Morgan fingerprint density at radius 1 is 1.15 bits per heavy atom. The topological polar surface area (TPSA) is 73.9 Å². The molecule has 1 aromatic rings. The lowest BCUT2D eigenvalue weighted by molar-refractivity contribution is -0.150. The molecule has 0 radical (unpaired) electrons. The number of carbonyl (C=O) groups is 2. The number of alkyl carbamates (subject to hydrolysis) is 1. The maximum atomic E-state index is 11.7. The average Bonchev–Trinajstić information content (AvgIpc) is 2.36. The first-order valence-corrected chi connectivity index (χ1v) is 6.11. The molecule has 6 nitrogen and oxygen atoms in total. The van der Waals surface area contributed by atoms with E-state index >= 15 is 0 Å². The Morgan fingerprint density at radius 2 is 1.75 bits per heavy atom. The molecule has 1 rings (SSSR count). The van der Waals surface area contributed by atoms with Crippen LogP contribution in [0.15, 0.2) is 30.3 Å². The van der Waals surface area contributed by atoms with Crippen LogP contribution < -0.4 is 10.1 Å². The number of hydrogen-bond acceptors (Lipinski definition) is 5.